The molecule has 0 radical (unpaired) electrons. The van der Waals surface area contributed by atoms with Crippen molar-refractivity contribution in [3.05, 3.63) is 198 Å². The minimum Gasteiger partial charge on any atom is -0.309 e. The quantitative estimate of drug-likeness (QED) is 0.173. The van der Waals surface area contributed by atoms with Crippen molar-refractivity contribution in [2.45, 2.75) is 64.7 Å². The second kappa shape index (κ2) is 12.5. The van der Waals surface area contributed by atoms with Crippen LogP contribution in [0, 0.1) is 0 Å². The fourth-order valence-corrected chi connectivity index (χ4v) is 11.0. The van der Waals surface area contributed by atoms with E-state index in [4.69, 9.17) is 0 Å². The van der Waals surface area contributed by atoms with Gasteiger partial charge in [-0.15, -0.1) is 0 Å². The molecule has 1 heteroatoms. The van der Waals surface area contributed by atoms with E-state index < -0.39 is 0 Å². The molecule has 1 nitrogen and oxygen atoms in total. The summed E-state index contributed by atoms with van der Waals surface area (Å²) < 4.78 is 0. The molecule has 0 aromatic heterocycles. The molecule has 0 unspecified atom stereocenters. The number of hydrogen-bond donors (Lipinski definition) is 0. The van der Waals surface area contributed by atoms with E-state index in [-0.39, 0.29) is 16.2 Å². The third-order valence-electron chi connectivity index (χ3n) is 13.8. The Kier molecular flexibility index (Phi) is 7.58. The minimum absolute atomic E-state index is 0.0217. The van der Waals surface area contributed by atoms with E-state index in [9.17, 15) is 0 Å². The van der Waals surface area contributed by atoms with Crippen LogP contribution in [0.1, 0.15) is 76.3 Å². The molecule has 0 saturated carbocycles. The zero-order chi connectivity index (χ0) is 40.4. The van der Waals surface area contributed by atoms with Gasteiger partial charge in [0.1, 0.15) is 0 Å². The third-order valence-corrected chi connectivity index (χ3v) is 13.8. The van der Waals surface area contributed by atoms with Gasteiger partial charge in [0.15, 0.2) is 0 Å². The lowest BCUT2D eigenvalue weighted by molar-refractivity contribution is 0.596. The van der Waals surface area contributed by atoms with E-state index in [0.29, 0.717) is 0 Å². The van der Waals surface area contributed by atoms with Gasteiger partial charge < -0.3 is 4.90 Å². The molecule has 0 heterocycles. The highest BCUT2D eigenvalue weighted by molar-refractivity contribution is 6.11. The molecule has 0 aliphatic heterocycles. The predicted octanol–water partition coefficient (Wildman–Crippen LogP) is 16.2. The van der Waals surface area contributed by atoms with E-state index >= 15 is 0 Å². The summed E-state index contributed by atoms with van der Waals surface area (Å²) >= 11 is 0. The molecule has 0 fully saturated rings. The maximum Gasteiger partial charge on any atom is 0.0546 e. The molecule has 0 spiro atoms. The molecular formula is C58H49N. The number of nitrogens with zero attached hydrogens (tertiary/aromatic N) is 1. The van der Waals surface area contributed by atoms with Gasteiger partial charge in [-0.1, -0.05) is 194 Å². The van der Waals surface area contributed by atoms with Gasteiger partial charge in [-0.2, -0.15) is 0 Å². The topological polar surface area (TPSA) is 3.24 Å². The van der Waals surface area contributed by atoms with Crippen molar-refractivity contribution in [2.75, 3.05) is 4.90 Å². The lowest BCUT2D eigenvalue weighted by atomic mass is 9.78. The highest BCUT2D eigenvalue weighted by Crippen LogP contribution is 2.57. The highest BCUT2D eigenvalue weighted by Gasteiger charge is 2.40. The van der Waals surface area contributed by atoms with E-state index in [0.717, 1.165) is 5.69 Å². The zero-order valence-corrected chi connectivity index (χ0v) is 35.1. The van der Waals surface area contributed by atoms with Crippen LogP contribution in [0.5, 0.6) is 0 Å². The lowest BCUT2D eigenvalue weighted by Gasteiger charge is -2.33. The Morgan fingerprint density at radius 2 is 0.949 bits per heavy atom. The van der Waals surface area contributed by atoms with Gasteiger partial charge in [0, 0.05) is 27.5 Å². The molecule has 0 amide bonds. The standard InChI is InChI=1S/C58H49N/c1-56(2,3)47-32-34-51(43-23-13-12-21-41(43)47)59(38-29-31-49-46(35-38)53-39-19-10-8-17-36(39)27-30-50(53)57(49,4)5)52-33-28-37-18-9-11-20-40(37)54(52)45-25-16-24-44-42-22-14-15-26-48(42)58(6,7)55(44)45/h8-35H,1-7H3. The molecule has 9 aromatic carbocycles. The monoisotopic (exact) mass is 759 g/mol. The van der Waals surface area contributed by atoms with Crippen LogP contribution in [-0.4, -0.2) is 0 Å². The maximum absolute atomic E-state index is 2.58. The number of hydrogen-bond acceptors (Lipinski definition) is 1. The van der Waals surface area contributed by atoms with Gasteiger partial charge in [0.2, 0.25) is 0 Å². The van der Waals surface area contributed by atoms with E-state index in [2.05, 4.69) is 223 Å². The smallest absolute Gasteiger partial charge is 0.0546 e. The highest BCUT2D eigenvalue weighted by atomic mass is 15.1. The van der Waals surface area contributed by atoms with Crippen LogP contribution < -0.4 is 4.90 Å². The molecule has 11 rings (SSSR count). The molecule has 0 N–H and O–H groups in total. The van der Waals surface area contributed by atoms with Crippen molar-refractivity contribution >= 4 is 49.4 Å². The normalized spacial score (nSPS) is 14.6. The zero-order valence-electron chi connectivity index (χ0n) is 35.1. The van der Waals surface area contributed by atoms with E-state index in [1.807, 2.05) is 0 Å². The number of fused-ring (bicyclic) bond motifs is 10. The van der Waals surface area contributed by atoms with Crippen molar-refractivity contribution in [1.82, 2.24) is 0 Å². The second-order valence-electron chi connectivity index (χ2n) is 18.9. The first-order valence-electron chi connectivity index (χ1n) is 21.2. The summed E-state index contributed by atoms with van der Waals surface area (Å²) in [5.74, 6) is 0. The third kappa shape index (κ3) is 5.10. The molecule has 0 atom stereocenters. The number of anilines is 3. The van der Waals surface area contributed by atoms with Gasteiger partial charge in [0.25, 0.3) is 0 Å². The predicted molar refractivity (Wildman–Crippen MR) is 253 cm³/mol. The maximum atomic E-state index is 2.58. The largest absolute Gasteiger partial charge is 0.309 e. The molecule has 59 heavy (non-hydrogen) atoms. The second-order valence-corrected chi connectivity index (χ2v) is 18.9. The fraction of sp³-hybridized carbons (Fsp3) is 0.172. The molecule has 2 aliphatic carbocycles. The van der Waals surface area contributed by atoms with Gasteiger partial charge >= 0.3 is 0 Å². The summed E-state index contributed by atoms with van der Waals surface area (Å²) in [6.45, 7) is 16.6. The Hall–Kier alpha value is -6.44. The van der Waals surface area contributed by atoms with Gasteiger partial charge in [0.05, 0.1) is 11.4 Å². The van der Waals surface area contributed by atoms with Crippen molar-refractivity contribution in [3.8, 4) is 33.4 Å². The van der Waals surface area contributed by atoms with Crippen molar-refractivity contribution in [2.24, 2.45) is 0 Å². The van der Waals surface area contributed by atoms with E-state index in [1.54, 1.807) is 0 Å². The van der Waals surface area contributed by atoms with Crippen molar-refractivity contribution in [1.29, 1.82) is 0 Å². The summed E-state index contributed by atoms with van der Waals surface area (Å²) in [5.41, 5.74) is 18.0. The Morgan fingerprint density at radius 1 is 0.390 bits per heavy atom. The Morgan fingerprint density at radius 3 is 1.69 bits per heavy atom. The minimum atomic E-state index is -0.188. The van der Waals surface area contributed by atoms with Gasteiger partial charge in [-0.3, -0.25) is 0 Å². The van der Waals surface area contributed by atoms with E-state index in [1.165, 1.54) is 105 Å². The van der Waals surface area contributed by atoms with Crippen LogP contribution in [0.3, 0.4) is 0 Å². The van der Waals surface area contributed by atoms with Crippen molar-refractivity contribution < 1.29 is 0 Å². The Labute approximate surface area is 348 Å². The molecule has 2 aliphatic rings. The molecular weight excluding hydrogens is 711 g/mol. The fourth-order valence-electron chi connectivity index (χ4n) is 11.0. The average Bonchev–Trinajstić information content (AvgIpc) is 3.63. The van der Waals surface area contributed by atoms with Gasteiger partial charge in [-0.25, -0.2) is 0 Å². The summed E-state index contributed by atoms with van der Waals surface area (Å²) in [5, 5.41) is 7.62. The average molecular weight is 760 g/mol. The number of benzene rings is 9. The first-order chi connectivity index (χ1) is 28.4. The van der Waals surface area contributed by atoms with Crippen LogP contribution in [-0.2, 0) is 16.2 Å². The first-order valence-corrected chi connectivity index (χ1v) is 21.2. The molecule has 0 bridgehead atoms. The SMILES string of the molecule is CC(C)(C)c1ccc(N(c2ccc3c(c2)-c2c(ccc4ccccc24)C3(C)C)c2ccc3ccccc3c2-c2cccc3c2C(C)(C)c2ccccc2-3)c2ccccc12. The summed E-state index contributed by atoms with van der Waals surface area (Å²) in [6.07, 6.45) is 0. The summed E-state index contributed by atoms with van der Waals surface area (Å²) in [6, 6.07) is 64.3. The Balaban J connectivity index is 1.26. The lowest BCUT2D eigenvalue weighted by Crippen LogP contribution is -2.18. The van der Waals surface area contributed by atoms with Crippen LogP contribution >= 0.6 is 0 Å². The van der Waals surface area contributed by atoms with Crippen LogP contribution in [0.2, 0.25) is 0 Å². The molecule has 0 saturated heterocycles. The molecule has 286 valence electrons. The summed E-state index contributed by atoms with van der Waals surface area (Å²) in [7, 11) is 0. The Bertz CT molecular complexity index is 3210. The van der Waals surface area contributed by atoms with Crippen LogP contribution in [0.25, 0.3) is 65.7 Å². The number of rotatable bonds is 4. The van der Waals surface area contributed by atoms with Gasteiger partial charge in [-0.05, 0) is 112 Å². The molecule has 9 aromatic rings. The van der Waals surface area contributed by atoms with Crippen LogP contribution in [0.15, 0.2) is 170 Å². The first kappa shape index (κ1) is 35.7. The summed E-state index contributed by atoms with van der Waals surface area (Å²) in [4.78, 5) is 2.58. The van der Waals surface area contributed by atoms with Crippen LogP contribution in [0.4, 0.5) is 17.1 Å². The van der Waals surface area contributed by atoms with Crippen molar-refractivity contribution in [3.63, 3.8) is 0 Å².